The Morgan fingerprint density at radius 3 is 1.79 bits per heavy atom. The van der Waals surface area contributed by atoms with Gasteiger partial charge >= 0.3 is 0 Å². The summed E-state index contributed by atoms with van der Waals surface area (Å²) in [4.78, 5) is 5.03. The maximum Gasteiger partial charge on any atom is 0.121 e. The van der Waals surface area contributed by atoms with Crippen molar-refractivity contribution in [3.63, 3.8) is 0 Å². The second kappa shape index (κ2) is 12.2. The van der Waals surface area contributed by atoms with Gasteiger partial charge in [-0.1, -0.05) is 146 Å². The first-order valence-electron chi connectivity index (χ1n) is 15.3. The van der Waals surface area contributed by atoms with E-state index in [0.29, 0.717) is 12.5 Å². The van der Waals surface area contributed by atoms with Crippen LogP contribution < -0.4 is 0 Å². The smallest absolute Gasteiger partial charge is 0.121 e. The molecule has 0 aliphatic heterocycles. The molecule has 3 heteroatoms. The third-order valence-corrected chi connectivity index (χ3v) is 8.87. The largest absolute Gasteiger partial charge is 0.376 e. The van der Waals surface area contributed by atoms with Crippen LogP contribution in [0.4, 0.5) is 0 Å². The highest BCUT2D eigenvalue weighted by molar-refractivity contribution is 5.67. The number of aryl methyl sites for hydroxylation is 1. The Bertz CT molecular complexity index is 1670. The lowest BCUT2D eigenvalue weighted by Crippen LogP contribution is -2.39. The van der Waals surface area contributed by atoms with Gasteiger partial charge in [-0.05, 0) is 58.6 Å². The number of benzene rings is 5. The van der Waals surface area contributed by atoms with Crippen LogP contribution in [0.25, 0.3) is 11.1 Å². The molecule has 43 heavy (non-hydrogen) atoms. The van der Waals surface area contributed by atoms with Gasteiger partial charge in [0.05, 0.1) is 25.2 Å². The maximum atomic E-state index is 6.46. The number of rotatable bonds is 9. The van der Waals surface area contributed by atoms with E-state index in [0.717, 1.165) is 25.9 Å². The molecule has 1 heterocycles. The Hall–Kier alpha value is -4.73. The van der Waals surface area contributed by atoms with Crippen LogP contribution in [0.15, 0.2) is 152 Å². The zero-order chi connectivity index (χ0) is 28.9. The van der Waals surface area contributed by atoms with Gasteiger partial charge in [-0.3, -0.25) is 0 Å². The Kier molecular flexibility index (Phi) is 7.73. The zero-order valence-electron chi connectivity index (χ0n) is 24.3. The zero-order valence-corrected chi connectivity index (χ0v) is 24.3. The van der Waals surface area contributed by atoms with E-state index < -0.39 is 5.54 Å². The first-order valence-corrected chi connectivity index (χ1v) is 15.3. The SMILES string of the molecule is c1ccc(-c2ccccc2COCC2CCc3ncn(C(c4ccccc4)(c4ccccc4)c4ccccc4)c3C2)cc1. The van der Waals surface area contributed by atoms with Crippen LogP contribution in [0.1, 0.15) is 40.1 Å². The van der Waals surface area contributed by atoms with Gasteiger partial charge in [0.15, 0.2) is 0 Å². The van der Waals surface area contributed by atoms with Gasteiger partial charge < -0.3 is 9.30 Å². The van der Waals surface area contributed by atoms with Gasteiger partial charge in [-0.15, -0.1) is 0 Å². The molecule has 1 aliphatic carbocycles. The molecule has 1 atom stereocenters. The quantitative estimate of drug-likeness (QED) is 0.165. The van der Waals surface area contributed by atoms with E-state index in [1.807, 2.05) is 0 Å². The summed E-state index contributed by atoms with van der Waals surface area (Å²) in [5, 5.41) is 0. The number of nitrogens with zero attached hydrogens (tertiary/aromatic N) is 2. The fourth-order valence-electron chi connectivity index (χ4n) is 6.82. The minimum atomic E-state index is -0.540. The second-order valence-electron chi connectivity index (χ2n) is 11.5. The summed E-state index contributed by atoms with van der Waals surface area (Å²) in [6.07, 6.45) is 5.06. The number of hydrogen-bond donors (Lipinski definition) is 0. The molecule has 0 amide bonds. The van der Waals surface area contributed by atoms with Crippen molar-refractivity contribution < 1.29 is 4.74 Å². The standard InChI is InChI=1S/C40H36N2O/c1-5-15-32(16-6-1)37-24-14-13-17-33(37)29-43-28-31-25-26-38-39(27-31)42(30-41-38)40(34-18-7-2-8-19-34,35-20-9-3-10-21-35)36-22-11-4-12-23-36/h1-24,30-31H,25-29H2. The lowest BCUT2D eigenvalue weighted by molar-refractivity contribution is 0.0815. The molecule has 1 aromatic heterocycles. The molecular weight excluding hydrogens is 524 g/mol. The Labute approximate surface area is 254 Å². The van der Waals surface area contributed by atoms with Gasteiger partial charge in [0, 0.05) is 5.69 Å². The predicted molar refractivity (Wildman–Crippen MR) is 174 cm³/mol. The molecule has 0 saturated heterocycles. The van der Waals surface area contributed by atoms with Gasteiger partial charge in [-0.25, -0.2) is 4.98 Å². The van der Waals surface area contributed by atoms with Crippen LogP contribution in [0, 0.1) is 5.92 Å². The van der Waals surface area contributed by atoms with Gasteiger partial charge in [-0.2, -0.15) is 0 Å². The van der Waals surface area contributed by atoms with Crippen molar-refractivity contribution in [3.8, 4) is 11.1 Å². The molecule has 0 bridgehead atoms. The molecule has 0 saturated carbocycles. The normalized spacial score (nSPS) is 14.7. The summed E-state index contributed by atoms with van der Waals surface area (Å²) in [5.41, 5.74) is 9.35. The number of hydrogen-bond acceptors (Lipinski definition) is 2. The van der Waals surface area contributed by atoms with Crippen molar-refractivity contribution in [2.75, 3.05) is 6.61 Å². The summed E-state index contributed by atoms with van der Waals surface area (Å²) in [7, 11) is 0. The lowest BCUT2D eigenvalue weighted by atomic mass is 9.76. The molecule has 0 spiro atoms. The monoisotopic (exact) mass is 560 g/mol. The van der Waals surface area contributed by atoms with Crippen LogP contribution in [0.3, 0.4) is 0 Å². The van der Waals surface area contributed by atoms with Crippen molar-refractivity contribution in [1.82, 2.24) is 9.55 Å². The Balaban J connectivity index is 1.21. The first kappa shape index (κ1) is 27.1. The van der Waals surface area contributed by atoms with E-state index in [-0.39, 0.29) is 0 Å². The summed E-state index contributed by atoms with van der Waals surface area (Å²) in [5.74, 6) is 0.423. The Morgan fingerprint density at radius 1 is 0.651 bits per heavy atom. The lowest BCUT2D eigenvalue weighted by Gasteiger charge is -2.39. The molecule has 1 unspecified atom stereocenters. The van der Waals surface area contributed by atoms with Crippen LogP contribution >= 0.6 is 0 Å². The number of imidazole rings is 1. The fraction of sp³-hybridized carbons (Fsp3) is 0.175. The average Bonchev–Trinajstić information content (AvgIpc) is 3.51. The molecule has 5 aromatic carbocycles. The molecule has 3 nitrogen and oxygen atoms in total. The second-order valence-corrected chi connectivity index (χ2v) is 11.5. The topological polar surface area (TPSA) is 27.1 Å². The Morgan fingerprint density at radius 2 is 1.19 bits per heavy atom. The van der Waals surface area contributed by atoms with Crippen LogP contribution in [-0.2, 0) is 29.7 Å². The minimum absolute atomic E-state index is 0.423. The molecule has 6 aromatic rings. The number of aromatic nitrogens is 2. The highest BCUT2D eigenvalue weighted by Crippen LogP contribution is 2.43. The van der Waals surface area contributed by atoms with E-state index in [1.165, 1.54) is 44.8 Å². The summed E-state index contributed by atoms with van der Waals surface area (Å²) >= 11 is 0. The van der Waals surface area contributed by atoms with Gasteiger partial charge in [0.2, 0.25) is 0 Å². The van der Waals surface area contributed by atoms with Crippen molar-refractivity contribution in [3.05, 3.63) is 186 Å². The minimum Gasteiger partial charge on any atom is -0.376 e. The molecule has 0 radical (unpaired) electrons. The van der Waals surface area contributed by atoms with Crippen molar-refractivity contribution in [1.29, 1.82) is 0 Å². The van der Waals surface area contributed by atoms with E-state index in [4.69, 9.17) is 9.72 Å². The molecule has 0 fully saturated rings. The van der Waals surface area contributed by atoms with Crippen LogP contribution in [0.5, 0.6) is 0 Å². The number of ether oxygens (including phenoxy) is 1. The van der Waals surface area contributed by atoms with E-state index in [1.54, 1.807) is 0 Å². The van der Waals surface area contributed by atoms with E-state index in [2.05, 4.69) is 156 Å². The first-order chi connectivity index (χ1) is 21.3. The molecule has 0 N–H and O–H groups in total. The molecule has 1 aliphatic rings. The highest BCUT2D eigenvalue weighted by atomic mass is 16.5. The predicted octanol–water partition coefficient (Wildman–Crippen LogP) is 8.71. The van der Waals surface area contributed by atoms with Gasteiger partial charge in [0.1, 0.15) is 5.54 Å². The van der Waals surface area contributed by atoms with E-state index in [9.17, 15) is 0 Å². The summed E-state index contributed by atoms with van der Waals surface area (Å²) < 4.78 is 8.92. The summed E-state index contributed by atoms with van der Waals surface area (Å²) in [6, 6.07) is 51.8. The average molecular weight is 561 g/mol. The van der Waals surface area contributed by atoms with Crippen LogP contribution in [-0.4, -0.2) is 16.2 Å². The van der Waals surface area contributed by atoms with E-state index >= 15 is 0 Å². The highest BCUT2D eigenvalue weighted by Gasteiger charge is 2.41. The molecule has 212 valence electrons. The maximum absolute atomic E-state index is 6.46. The molecular formula is C40H36N2O. The van der Waals surface area contributed by atoms with Crippen molar-refractivity contribution >= 4 is 0 Å². The van der Waals surface area contributed by atoms with Gasteiger partial charge in [0.25, 0.3) is 0 Å². The fourth-order valence-corrected chi connectivity index (χ4v) is 6.82. The summed E-state index contributed by atoms with van der Waals surface area (Å²) in [6.45, 7) is 1.33. The third kappa shape index (κ3) is 5.22. The van der Waals surface area contributed by atoms with Crippen molar-refractivity contribution in [2.24, 2.45) is 5.92 Å². The molecule has 7 rings (SSSR count). The third-order valence-electron chi connectivity index (χ3n) is 8.87. The van der Waals surface area contributed by atoms with Crippen molar-refractivity contribution in [2.45, 2.75) is 31.4 Å². The number of fused-ring (bicyclic) bond motifs is 1. The van der Waals surface area contributed by atoms with Crippen LogP contribution in [0.2, 0.25) is 0 Å².